The highest BCUT2D eigenvalue weighted by molar-refractivity contribution is 7.99. The number of hydrogen-bond acceptors (Lipinski definition) is 5. The van der Waals surface area contributed by atoms with Crippen molar-refractivity contribution in [1.82, 2.24) is 24.5 Å². The summed E-state index contributed by atoms with van der Waals surface area (Å²) in [7, 11) is 1.80. The van der Waals surface area contributed by atoms with Gasteiger partial charge in [0, 0.05) is 25.0 Å². The summed E-state index contributed by atoms with van der Waals surface area (Å²) in [6.45, 7) is 2.04. The van der Waals surface area contributed by atoms with E-state index in [-0.39, 0.29) is 11.7 Å². The molecule has 0 unspecified atom stereocenters. The summed E-state index contributed by atoms with van der Waals surface area (Å²) in [5.41, 5.74) is 2.15. The van der Waals surface area contributed by atoms with Crippen LogP contribution in [0.15, 0.2) is 48.0 Å². The topological polar surface area (TPSA) is 77.6 Å². The van der Waals surface area contributed by atoms with Crippen LogP contribution in [0.25, 0.3) is 5.69 Å². The van der Waals surface area contributed by atoms with Crippen molar-refractivity contribution in [2.24, 2.45) is 7.05 Å². The zero-order chi connectivity index (χ0) is 16.2. The fraction of sp³-hybridized carbons (Fsp3) is 0.200. The van der Waals surface area contributed by atoms with Gasteiger partial charge in [0.15, 0.2) is 11.0 Å². The molecule has 0 aliphatic rings. The Kier molecular flexibility index (Phi) is 4.42. The summed E-state index contributed by atoms with van der Waals surface area (Å²) < 4.78 is 3.49. The predicted molar refractivity (Wildman–Crippen MR) is 88.7 cm³/mol. The van der Waals surface area contributed by atoms with Crippen LogP contribution in [0.1, 0.15) is 5.56 Å². The number of anilines is 1. The number of thioether (sulfide) groups is 1. The summed E-state index contributed by atoms with van der Waals surface area (Å²) in [6, 6.07) is 9.79. The molecule has 3 aromatic rings. The van der Waals surface area contributed by atoms with Crippen LogP contribution in [0.5, 0.6) is 0 Å². The number of rotatable bonds is 5. The Morgan fingerprint density at radius 1 is 1.26 bits per heavy atom. The van der Waals surface area contributed by atoms with E-state index in [2.05, 4.69) is 20.6 Å². The Labute approximate surface area is 137 Å². The number of carbonyl (C=O) groups excluding carboxylic acids is 1. The third-order valence-electron chi connectivity index (χ3n) is 3.14. The van der Waals surface area contributed by atoms with Crippen LogP contribution in [-0.2, 0) is 11.8 Å². The predicted octanol–water partition coefficient (Wildman–Crippen LogP) is 2.04. The molecule has 1 aromatic carbocycles. The molecule has 7 nitrogen and oxygen atoms in total. The van der Waals surface area contributed by atoms with Crippen LogP contribution < -0.4 is 5.32 Å². The fourth-order valence-corrected chi connectivity index (χ4v) is 2.72. The van der Waals surface area contributed by atoms with Gasteiger partial charge >= 0.3 is 0 Å². The molecule has 1 N–H and O–H groups in total. The van der Waals surface area contributed by atoms with Crippen molar-refractivity contribution in [2.75, 3.05) is 11.1 Å². The van der Waals surface area contributed by atoms with Gasteiger partial charge in [-0.1, -0.05) is 29.5 Å². The van der Waals surface area contributed by atoms with Gasteiger partial charge in [-0.25, -0.2) is 0 Å². The van der Waals surface area contributed by atoms with Crippen LogP contribution in [-0.4, -0.2) is 36.2 Å². The number of nitrogens with one attached hydrogen (secondary N) is 1. The molecule has 3 rings (SSSR count). The van der Waals surface area contributed by atoms with Gasteiger partial charge in [-0.2, -0.15) is 5.10 Å². The molecule has 0 spiro atoms. The number of aryl methyl sites for hydroxylation is 2. The lowest BCUT2D eigenvalue weighted by atomic mass is 10.2. The standard InChI is InChI=1S/C15H16N6OS/c1-11-3-5-12(6-4-11)21-10-16-18-15(21)23-9-14(22)17-13-7-8-20(2)19-13/h3-8,10H,9H2,1-2H3,(H,17,19,22). The van der Waals surface area contributed by atoms with E-state index in [0.717, 1.165) is 5.69 Å². The quantitative estimate of drug-likeness (QED) is 0.725. The van der Waals surface area contributed by atoms with E-state index in [1.807, 2.05) is 35.8 Å². The third kappa shape index (κ3) is 3.78. The second-order valence-corrected chi connectivity index (χ2v) is 5.97. The SMILES string of the molecule is Cc1ccc(-n2cnnc2SCC(=O)Nc2ccn(C)n2)cc1. The molecule has 118 valence electrons. The lowest BCUT2D eigenvalue weighted by Gasteiger charge is -2.06. The summed E-state index contributed by atoms with van der Waals surface area (Å²) in [6.07, 6.45) is 3.42. The molecule has 2 heterocycles. The highest BCUT2D eigenvalue weighted by Crippen LogP contribution is 2.20. The van der Waals surface area contributed by atoms with Crippen molar-refractivity contribution in [2.45, 2.75) is 12.1 Å². The van der Waals surface area contributed by atoms with Crippen molar-refractivity contribution < 1.29 is 4.79 Å². The lowest BCUT2D eigenvalue weighted by Crippen LogP contribution is -2.15. The molecule has 2 aromatic heterocycles. The van der Waals surface area contributed by atoms with Crippen LogP contribution in [0.2, 0.25) is 0 Å². The third-order valence-corrected chi connectivity index (χ3v) is 4.09. The number of amides is 1. The molecule has 8 heteroatoms. The van der Waals surface area contributed by atoms with E-state index in [4.69, 9.17) is 0 Å². The monoisotopic (exact) mass is 328 g/mol. The van der Waals surface area contributed by atoms with E-state index in [0.29, 0.717) is 11.0 Å². The van der Waals surface area contributed by atoms with Gasteiger partial charge in [0.05, 0.1) is 5.75 Å². The van der Waals surface area contributed by atoms with Crippen LogP contribution >= 0.6 is 11.8 Å². The molecule has 0 aliphatic heterocycles. The Hall–Kier alpha value is -2.61. The van der Waals surface area contributed by atoms with Gasteiger partial charge in [0.25, 0.3) is 0 Å². The maximum Gasteiger partial charge on any atom is 0.236 e. The highest BCUT2D eigenvalue weighted by atomic mass is 32.2. The average Bonchev–Trinajstić information content (AvgIpc) is 3.15. The summed E-state index contributed by atoms with van der Waals surface area (Å²) in [5.74, 6) is 0.645. The normalized spacial score (nSPS) is 10.7. The number of benzene rings is 1. The molecule has 0 atom stereocenters. The Balaban J connectivity index is 1.64. The zero-order valence-corrected chi connectivity index (χ0v) is 13.6. The Morgan fingerprint density at radius 3 is 2.74 bits per heavy atom. The van der Waals surface area contributed by atoms with Crippen molar-refractivity contribution in [3.63, 3.8) is 0 Å². The second kappa shape index (κ2) is 6.66. The first-order valence-corrected chi connectivity index (χ1v) is 8.00. The maximum atomic E-state index is 12.0. The molecule has 0 saturated heterocycles. The van der Waals surface area contributed by atoms with Gasteiger partial charge < -0.3 is 5.32 Å². The fourth-order valence-electron chi connectivity index (χ4n) is 2.00. The number of hydrogen-bond donors (Lipinski definition) is 1. The first-order valence-electron chi connectivity index (χ1n) is 7.01. The molecule has 1 amide bonds. The van der Waals surface area contributed by atoms with Gasteiger partial charge in [-0.3, -0.25) is 14.0 Å². The molecular weight excluding hydrogens is 312 g/mol. The smallest absolute Gasteiger partial charge is 0.236 e. The highest BCUT2D eigenvalue weighted by Gasteiger charge is 2.11. The molecule has 0 saturated carbocycles. The van der Waals surface area contributed by atoms with Gasteiger partial charge in [0.1, 0.15) is 6.33 Å². The van der Waals surface area contributed by atoms with Gasteiger partial charge in [0.2, 0.25) is 5.91 Å². The molecule has 23 heavy (non-hydrogen) atoms. The van der Waals surface area contributed by atoms with E-state index in [1.165, 1.54) is 17.3 Å². The summed E-state index contributed by atoms with van der Waals surface area (Å²) in [5, 5.41) is 15.5. The van der Waals surface area contributed by atoms with Crippen molar-refractivity contribution >= 4 is 23.5 Å². The van der Waals surface area contributed by atoms with Gasteiger partial charge in [-0.15, -0.1) is 10.2 Å². The van der Waals surface area contributed by atoms with E-state index >= 15 is 0 Å². The Bertz CT molecular complexity index is 807. The first-order chi connectivity index (χ1) is 11.1. The minimum atomic E-state index is -0.132. The van der Waals surface area contributed by atoms with Crippen molar-refractivity contribution in [3.05, 3.63) is 48.4 Å². The first kappa shape index (κ1) is 15.3. The molecule has 0 bridgehead atoms. The minimum absolute atomic E-state index is 0.132. The number of nitrogens with zero attached hydrogens (tertiary/aromatic N) is 5. The lowest BCUT2D eigenvalue weighted by molar-refractivity contribution is -0.113. The average molecular weight is 328 g/mol. The number of carbonyl (C=O) groups is 1. The summed E-state index contributed by atoms with van der Waals surface area (Å²) >= 11 is 1.33. The van der Waals surface area contributed by atoms with E-state index in [9.17, 15) is 4.79 Å². The van der Waals surface area contributed by atoms with Crippen LogP contribution in [0.3, 0.4) is 0 Å². The Morgan fingerprint density at radius 2 is 2.04 bits per heavy atom. The molecular formula is C15H16N6OS. The minimum Gasteiger partial charge on any atom is -0.308 e. The molecule has 0 aliphatic carbocycles. The van der Waals surface area contributed by atoms with Crippen LogP contribution in [0.4, 0.5) is 5.82 Å². The van der Waals surface area contributed by atoms with Crippen molar-refractivity contribution in [3.8, 4) is 5.69 Å². The maximum absolute atomic E-state index is 12.0. The van der Waals surface area contributed by atoms with Crippen molar-refractivity contribution in [1.29, 1.82) is 0 Å². The summed E-state index contributed by atoms with van der Waals surface area (Å²) in [4.78, 5) is 12.0. The number of aromatic nitrogens is 5. The largest absolute Gasteiger partial charge is 0.308 e. The van der Waals surface area contributed by atoms with Gasteiger partial charge in [-0.05, 0) is 19.1 Å². The van der Waals surface area contributed by atoms with E-state index < -0.39 is 0 Å². The zero-order valence-electron chi connectivity index (χ0n) is 12.8. The molecule has 0 radical (unpaired) electrons. The van der Waals surface area contributed by atoms with E-state index in [1.54, 1.807) is 30.3 Å². The molecule has 0 fully saturated rings. The second-order valence-electron chi connectivity index (χ2n) is 5.03. The van der Waals surface area contributed by atoms with Crippen LogP contribution in [0, 0.1) is 6.92 Å².